The molecule has 1 aliphatic carbocycles. The molecule has 0 radical (unpaired) electrons. The molecule has 0 saturated heterocycles. The van der Waals surface area contributed by atoms with Crippen molar-refractivity contribution >= 4 is 16.9 Å². The van der Waals surface area contributed by atoms with Gasteiger partial charge in [-0.1, -0.05) is 12.8 Å². The van der Waals surface area contributed by atoms with E-state index in [0.29, 0.717) is 33.5 Å². The number of nitrogens with zero attached hydrogens (tertiary/aromatic N) is 4. The summed E-state index contributed by atoms with van der Waals surface area (Å²) in [6, 6.07) is 7.46. The minimum atomic E-state index is -0.302. The number of aliphatic hydroxyl groups is 1. The summed E-state index contributed by atoms with van der Waals surface area (Å²) in [5.41, 5.74) is 4.94. The molecular weight excluding hydrogens is 444 g/mol. The molecule has 0 aromatic carbocycles. The predicted molar refractivity (Wildman–Crippen MR) is 132 cm³/mol. The molecule has 0 aliphatic heterocycles. The highest BCUT2D eigenvalue weighted by Crippen LogP contribution is 2.33. The summed E-state index contributed by atoms with van der Waals surface area (Å²) in [4.78, 5) is 37.7. The van der Waals surface area contributed by atoms with E-state index in [0.717, 1.165) is 42.5 Å². The van der Waals surface area contributed by atoms with Crippen LogP contribution in [0.4, 0.5) is 0 Å². The van der Waals surface area contributed by atoms with Gasteiger partial charge >= 0.3 is 0 Å². The van der Waals surface area contributed by atoms with Gasteiger partial charge in [-0.3, -0.25) is 14.6 Å². The second kappa shape index (κ2) is 9.42. The van der Waals surface area contributed by atoms with Crippen LogP contribution >= 0.6 is 0 Å². The Hall–Kier alpha value is -3.85. The van der Waals surface area contributed by atoms with Gasteiger partial charge in [0.25, 0.3) is 11.5 Å². The Morgan fingerprint density at radius 1 is 1.20 bits per heavy atom. The van der Waals surface area contributed by atoms with Crippen LogP contribution in [-0.2, 0) is 13.2 Å². The SMILES string of the molecule is Cc1cc(C)c(CNC(=O)c2cc(-c3ccc(CO)nc3)nc3c2cnn3C2CCCC2)c(=O)[nH]1. The van der Waals surface area contributed by atoms with E-state index in [2.05, 4.69) is 20.4 Å². The fourth-order valence-corrected chi connectivity index (χ4v) is 4.80. The summed E-state index contributed by atoms with van der Waals surface area (Å²) < 4.78 is 1.94. The minimum Gasteiger partial charge on any atom is -0.390 e. The summed E-state index contributed by atoms with van der Waals surface area (Å²) in [6.45, 7) is 3.66. The highest BCUT2D eigenvalue weighted by molar-refractivity contribution is 6.06. The van der Waals surface area contributed by atoms with Gasteiger partial charge in [-0.15, -0.1) is 0 Å². The summed E-state index contributed by atoms with van der Waals surface area (Å²) >= 11 is 0. The first kappa shape index (κ1) is 22.9. The second-order valence-electron chi connectivity index (χ2n) is 9.14. The molecule has 35 heavy (non-hydrogen) atoms. The molecule has 4 heterocycles. The number of carbonyl (C=O) groups is 1. The first-order valence-electron chi connectivity index (χ1n) is 11.9. The van der Waals surface area contributed by atoms with Crippen molar-refractivity contribution in [1.82, 2.24) is 30.0 Å². The summed E-state index contributed by atoms with van der Waals surface area (Å²) in [5.74, 6) is -0.302. The molecule has 180 valence electrons. The Labute approximate surface area is 202 Å². The lowest BCUT2D eigenvalue weighted by Crippen LogP contribution is -2.28. The number of pyridine rings is 3. The van der Waals surface area contributed by atoms with Crippen LogP contribution in [-0.4, -0.2) is 35.7 Å². The number of carbonyl (C=O) groups excluding carboxylic acids is 1. The van der Waals surface area contributed by atoms with Gasteiger partial charge in [0.1, 0.15) is 0 Å². The molecule has 1 saturated carbocycles. The predicted octanol–water partition coefficient (Wildman–Crippen LogP) is 3.34. The maximum absolute atomic E-state index is 13.4. The van der Waals surface area contributed by atoms with E-state index in [1.807, 2.05) is 30.7 Å². The Morgan fingerprint density at radius 2 is 2.00 bits per heavy atom. The van der Waals surface area contributed by atoms with E-state index < -0.39 is 0 Å². The van der Waals surface area contributed by atoms with Crippen molar-refractivity contribution in [2.45, 2.75) is 58.7 Å². The number of aryl methyl sites for hydroxylation is 2. The molecule has 4 aromatic rings. The highest BCUT2D eigenvalue weighted by atomic mass is 16.3. The van der Waals surface area contributed by atoms with E-state index >= 15 is 0 Å². The van der Waals surface area contributed by atoms with Crippen molar-refractivity contribution in [3.05, 3.63) is 75.1 Å². The quantitative estimate of drug-likeness (QED) is 0.395. The Kier molecular flexibility index (Phi) is 6.17. The van der Waals surface area contributed by atoms with Gasteiger partial charge in [-0.25, -0.2) is 9.67 Å². The molecule has 3 N–H and O–H groups in total. The van der Waals surface area contributed by atoms with Crippen LogP contribution in [0, 0.1) is 13.8 Å². The van der Waals surface area contributed by atoms with Crippen molar-refractivity contribution < 1.29 is 9.90 Å². The van der Waals surface area contributed by atoms with Crippen molar-refractivity contribution in [3.8, 4) is 11.3 Å². The molecule has 4 aromatic heterocycles. The number of aromatic nitrogens is 5. The molecule has 9 nitrogen and oxygen atoms in total. The van der Waals surface area contributed by atoms with Crippen LogP contribution < -0.4 is 10.9 Å². The van der Waals surface area contributed by atoms with Crippen LogP contribution in [0.5, 0.6) is 0 Å². The van der Waals surface area contributed by atoms with Gasteiger partial charge in [-0.05, 0) is 56.5 Å². The number of amides is 1. The van der Waals surface area contributed by atoms with E-state index in [1.54, 1.807) is 24.5 Å². The third kappa shape index (κ3) is 4.46. The van der Waals surface area contributed by atoms with Crippen molar-refractivity contribution in [2.75, 3.05) is 0 Å². The van der Waals surface area contributed by atoms with E-state index in [9.17, 15) is 14.7 Å². The zero-order valence-electron chi connectivity index (χ0n) is 19.8. The van der Waals surface area contributed by atoms with Crippen LogP contribution in [0.2, 0.25) is 0 Å². The average Bonchev–Trinajstić information content (AvgIpc) is 3.52. The van der Waals surface area contributed by atoms with Crippen LogP contribution in [0.25, 0.3) is 22.3 Å². The molecule has 0 atom stereocenters. The standard InChI is InChI=1S/C26H28N6O3/c1-15-9-16(2)30-26(35)21(15)12-28-25(34)20-10-23(17-7-8-18(14-33)27-11-17)31-24-22(20)13-29-32(24)19-5-3-4-6-19/h7-11,13,19,33H,3-6,12,14H2,1-2H3,(H,28,34)(H,30,35). The normalized spacial score (nSPS) is 14.0. The van der Waals surface area contributed by atoms with E-state index in [4.69, 9.17) is 4.98 Å². The lowest BCUT2D eigenvalue weighted by molar-refractivity contribution is 0.0952. The molecule has 0 unspecified atom stereocenters. The number of rotatable bonds is 6. The number of aliphatic hydroxyl groups excluding tert-OH is 1. The second-order valence-corrected chi connectivity index (χ2v) is 9.14. The van der Waals surface area contributed by atoms with Gasteiger partial charge in [0.05, 0.1) is 41.2 Å². The van der Waals surface area contributed by atoms with Gasteiger partial charge in [0.2, 0.25) is 0 Å². The fraction of sp³-hybridized carbons (Fsp3) is 0.346. The molecule has 0 bridgehead atoms. The first-order chi connectivity index (χ1) is 16.9. The Morgan fingerprint density at radius 3 is 2.69 bits per heavy atom. The zero-order valence-corrected chi connectivity index (χ0v) is 19.8. The number of fused-ring (bicyclic) bond motifs is 1. The van der Waals surface area contributed by atoms with E-state index in [1.165, 1.54) is 0 Å². The molecule has 1 amide bonds. The Bertz CT molecular complexity index is 1450. The zero-order chi connectivity index (χ0) is 24.5. The van der Waals surface area contributed by atoms with Crippen molar-refractivity contribution in [3.63, 3.8) is 0 Å². The lowest BCUT2D eigenvalue weighted by atomic mass is 10.1. The molecule has 0 spiro atoms. The average molecular weight is 473 g/mol. The monoisotopic (exact) mass is 472 g/mol. The summed E-state index contributed by atoms with van der Waals surface area (Å²) in [6.07, 6.45) is 7.72. The lowest BCUT2D eigenvalue weighted by Gasteiger charge is -2.13. The third-order valence-electron chi connectivity index (χ3n) is 6.68. The number of aromatic amines is 1. The first-order valence-corrected chi connectivity index (χ1v) is 11.9. The number of nitrogens with one attached hydrogen (secondary N) is 2. The van der Waals surface area contributed by atoms with Gasteiger partial charge in [-0.2, -0.15) is 5.10 Å². The van der Waals surface area contributed by atoms with Crippen LogP contribution in [0.3, 0.4) is 0 Å². The molecule has 9 heteroatoms. The van der Waals surface area contributed by atoms with Gasteiger partial charge in [0.15, 0.2) is 5.65 Å². The third-order valence-corrected chi connectivity index (χ3v) is 6.68. The van der Waals surface area contributed by atoms with Crippen molar-refractivity contribution in [1.29, 1.82) is 0 Å². The number of hydrogen-bond acceptors (Lipinski definition) is 6. The summed E-state index contributed by atoms with van der Waals surface area (Å²) in [5, 5.41) is 17.5. The maximum atomic E-state index is 13.4. The van der Waals surface area contributed by atoms with Crippen LogP contribution in [0.1, 0.15) is 64.6 Å². The largest absolute Gasteiger partial charge is 0.390 e. The molecule has 1 aliphatic rings. The number of H-pyrrole nitrogens is 1. The fourth-order valence-electron chi connectivity index (χ4n) is 4.80. The topological polar surface area (TPSA) is 126 Å². The maximum Gasteiger partial charge on any atom is 0.253 e. The number of hydrogen-bond donors (Lipinski definition) is 3. The Balaban J connectivity index is 1.55. The van der Waals surface area contributed by atoms with Crippen molar-refractivity contribution in [2.24, 2.45) is 0 Å². The molecule has 1 fully saturated rings. The highest BCUT2D eigenvalue weighted by Gasteiger charge is 2.24. The van der Waals surface area contributed by atoms with Gasteiger partial charge < -0.3 is 15.4 Å². The smallest absolute Gasteiger partial charge is 0.253 e. The van der Waals surface area contributed by atoms with Crippen LogP contribution in [0.15, 0.2) is 41.5 Å². The van der Waals surface area contributed by atoms with E-state index in [-0.39, 0.29) is 30.7 Å². The molecular formula is C26H28N6O3. The van der Waals surface area contributed by atoms with Gasteiger partial charge in [0, 0.05) is 29.6 Å². The molecule has 5 rings (SSSR count). The summed E-state index contributed by atoms with van der Waals surface area (Å²) in [7, 11) is 0. The minimum absolute atomic E-state index is 0.114.